The van der Waals surface area contributed by atoms with Crippen LogP contribution in [0.4, 0.5) is 0 Å². The van der Waals surface area contributed by atoms with Crippen LogP contribution in [0, 0.1) is 0 Å². The van der Waals surface area contributed by atoms with E-state index in [-0.39, 0.29) is 11.9 Å². The van der Waals surface area contributed by atoms with Gasteiger partial charge in [-0.15, -0.1) is 11.3 Å². The van der Waals surface area contributed by atoms with E-state index in [1.807, 2.05) is 6.07 Å². The number of rotatable bonds is 4. The van der Waals surface area contributed by atoms with Crippen molar-refractivity contribution in [3.63, 3.8) is 0 Å². The molecule has 2 heterocycles. The van der Waals surface area contributed by atoms with E-state index in [1.165, 1.54) is 29.3 Å². The molecule has 1 aromatic carbocycles. The molecule has 1 aromatic heterocycles. The van der Waals surface area contributed by atoms with Gasteiger partial charge in [0.05, 0.1) is 19.6 Å². The normalized spacial score (nSPS) is 25.1. The summed E-state index contributed by atoms with van der Waals surface area (Å²) in [6, 6.07) is 9.09. The topological polar surface area (TPSA) is 41.6 Å². The molecule has 5 heteroatoms. The van der Waals surface area contributed by atoms with Crippen LogP contribution in [0.1, 0.15) is 31.2 Å². The zero-order valence-corrected chi connectivity index (χ0v) is 15.4. The van der Waals surface area contributed by atoms with Crippen molar-refractivity contribution in [2.24, 2.45) is 0 Å². The fourth-order valence-electron chi connectivity index (χ4n) is 4.23. The summed E-state index contributed by atoms with van der Waals surface area (Å²) in [6.45, 7) is 3.62. The molecule has 1 N–H and O–H groups in total. The lowest BCUT2D eigenvalue weighted by atomic mass is 9.88. The van der Waals surface area contributed by atoms with E-state index >= 15 is 0 Å². The van der Waals surface area contributed by atoms with Crippen molar-refractivity contribution >= 4 is 27.3 Å². The highest BCUT2D eigenvalue weighted by Crippen LogP contribution is 2.27. The molecular formula is C20H26N2O2S. The van der Waals surface area contributed by atoms with Gasteiger partial charge in [-0.25, -0.2) is 0 Å². The largest absolute Gasteiger partial charge is 0.379 e. The number of amides is 1. The minimum absolute atomic E-state index is 0.161. The first-order chi connectivity index (χ1) is 12.3. The molecule has 0 spiro atoms. The number of nitrogens with one attached hydrogen (secondary N) is 1. The van der Waals surface area contributed by atoms with Gasteiger partial charge in [-0.2, -0.15) is 0 Å². The zero-order chi connectivity index (χ0) is 17.1. The Bertz CT molecular complexity index is 723. The van der Waals surface area contributed by atoms with E-state index in [0.29, 0.717) is 12.5 Å². The summed E-state index contributed by atoms with van der Waals surface area (Å²) in [7, 11) is 0. The Kier molecular flexibility index (Phi) is 5.34. The lowest BCUT2D eigenvalue weighted by molar-refractivity contribution is -0.122. The van der Waals surface area contributed by atoms with Crippen molar-refractivity contribution in [3.8, 4) is 0 Å². The molecule has 1 saturated carbocycles. The number of ether oxygens (including phenoxy) is 1. The molecule has 0 bridgehead atoms. The fourth-order valence-corrected chi connectivity index (χ4v) is 5.19. The van der Waals surface area contributed by atoms with Crippen LogP contribution in [0.15, 0.2) is 29.6 Å². The molecule has 4 rings (SSSR count). The van der Waals surface area contributed by atoms with Crippen molar-refractivity contribution in [1.29, 1.82) is 0 Å². The van der Waals surface area contributed by atoms with Gasteiger partial charge < -0.3 is 10.1 Å². The highest BCUT2D eigenvalue weighted by atomic mass is 32.1. The standard InChI is InChI=1S/C20H26N2O2S/c23-20(13-15-14-25-19-8-4-1-5-16(15)19)21-17-6-2-3-7-18(17)22-9-11-24-12-10-22/h1,4-5,8,14,17-18H,2-3,6-7,9-13H2,(H,21,23). The van der Waals surface area contributed by atoms with Crippen LogP contribution in [0.2, 0.25) is 0 Å². The van der Waals surface area contributed by atoms with Crippen molar-refractivity contribution < 1.29 is 9.53 Å². The van der Waals surface area contributed by atoms with E-state index in [4.69, 9.17) is 4.74 Å². The van der Waals surface area contributed by atoms with E-state index in [2.05, 4.69) is 33.8 Å². The minimum atomic E-state index is 0.161. The van der Waals surface area contributed by atoms with E-state index in [9.17, 15) is 4.79 Å². The van der Waals surface area contributed by atoms with Gasteiger partial charge in [0.15, 0.2) is 0 Å². The van der Waals surface area contributed by atoms with Gasteiger partial charge in [0, 0.05) is 29.9 Å². The SMILES string of the molecule is O=C(Cc1csc2ccccc12)NC1CCCCC1N1CCOCC1. The molecule has 1 saturated heterocycles. The lowest BCUT2D eigenvalue weighted by Crippen LogP contribution is -2.56. The summed E-state index contributed by atoms with van der Waals surface area (Å²) in [6.07, 6.45) is 5.25. The van der Waals surface area contributed by atoms with Gasteiger partial charge in [0.2, 0.25) is 5.91 Å². The number of hydrogen-bond acceptors (Lipinski definition) is 4. The molecule has 2 aromatic rings. The molecule has 1 aliphatic heterocycles. The minimum Gasteiger partial charge on any atom is -0.379 e. The van der Waals surface area contributed by atoms with Crippen LogP contribution >= 0.6 is 11.3 Å². The monoisotopic (exact) mass is 358 g/mol. The number of morpholine rings is 1. The third-order valence-corrected chi connectivity index (χ3v) is 6.52. The zero-order valence-electron chi connectivity index (χ0n) is 14.6. The third kappa shape index (κ3) is 3.89. The Morgan fingerprint density at radius 1 is 1.20 bits per heavy atom. The predicted molar refractivity (Wildman–Crippen MR) is 102 cm³/mol. The van der Waals surface area contributed by atoms with Crippen LogP contribution in [-0.4, -0.2) is 49.2 Å². The molecule has 25 heavy (non-hydrogen) atoms. The number of hydrogen-bond donors (Lipinski definition) is 1. The molecule has 0 radical (unpaired) electrons. The van der Waals surface area contributed by atoms with Gasteiger partial charge in [-0.1, -0.05) is 31.0 Å². The van der Waals surface area contributed by atoms with Crippen LogP contribution in [-0.2, 0) is 16.0 Å². The Labute approximate surface area is 153 Å². The second-order valence-corrected chi connectivity index (χ2v) is 8.02. The molecule has 1 amide bonds. The van der Waals surface area contributed by atoms with Gasteiger partial charge >= 0.3 is 0 Å². The summed E-state index contributed by atoms with van der Waals surface area (Å²) >= 11 is 1.72. The first kappa shape index (κ1) is 17.0. The van der Waals surface area contributed by atoms with Crippen LogP contribution in [0.3, 0.4) is 0 Å². The highest BCUT2D eigenvalue weighted by Gasteiger charge is 2.32. The number of carbonyl (C=O) groups is 1. The Morgan fingerprint density at radius 3 is 2.88 bits per heavy atom. The van der Waals surface area contributed by atoms with E-state index in [1.54, 1.807) is 11.3 Å². The second kappa shape index (κ2) is 7.85. The third-order valence-electron chi connectivity index (χ3n) is 5.50. The lowest BCUT2D eigenvalue weighted by Gasteiger charge is -2.41. The summed E-state index contributed by atoms with van der Waals surface area (Å²) < 4.78 is 6.75. The number of carbonyl (C=O) groups excluding carboxylic acids is 1. The van der Waals surface area contributed by atoms with Crippen molar-refractivity contribution in [1.82, 2.24) is 10.2 Å². The maximum absolute atomic E-state index is 12.7. The maximum atomic E-state index is 12.7. The smallest absolute Gasteiger partial charge is 0.224 e. The first-order valence-corrected chi connectivity index (χ1v) is 10.3. The number of thiophene rings is 1. The van der Waals surface area contributed by atoms with Gasteiger partial charge in [-0.05, 0) is 35.2 Å². The summed E-state index contributed by atoms with van der Waals surface area (Å²) in [5.74, 6) is 0.161. The average Bonchev–Trinajstić information content (AvgIpc) is 3.06. The molecule has 134 valence electrons. The van der Waals surface area contributed by atoms with Gasteiger partial charge in [0.25, 0.3) is 0 Å². The van der Waals surface area contributed by atoms with Crippen LogP contribution < -0.4 is 5.32 Å². The van der Waals surface area contributed by atoms with Crippen molar-refractivity contribution in [2.75, 3.05) is 26.3 Å². The molecule has 4 nitrogen and oxygen atoms in total. The summed E-state index contributed by atoms with van der Waals surface area (Å²) in [5, 5.41) is 6.70. The van der Waals surface area contributed by atoms with E-state index < -0.39 is 0 Å². The Morgan fingerprint density at radius 2 is 2.00 bits per heavy atom. The number of nitrogens with zero attached hydrogens (tertiary/aromatic N) is 1. The predicted octanol–water partition coefficient (Wildman–Crippen LogP) is 3.20. The van der Waals surface area contributed by atoms with Gasteiger partial charge in [0.1, 0.15) is 0 Å². The molecular weight excluding hydrogens is 332 g/mol. The average molecular weight is 359 g/mol. The second-order valence-electron chi connectivity index (χ2n) is 7.11. The maximum Gasteiger partial charge on any atom is 0.224 e. The van der Waals surface area contributed by atoms with Crippen LogP contribution in [0.5, 0.6) is 0 Å². The molecule has 2 atom stereocenters. The molecule has 1 aliphatic carbocycles. The van der Waals surface area contributed by atoms with Crippen molar-refractivity contribution in [2.45, 2.75) is 44.2 Å². The Balaban J connectivity index is 1.41. The fraction of sp³-hybridized carbons (Fsp3) is 0.550. The molecule has 2 unspecified atom stereocenters. The quantitative estimate of drug-likeness (QED) is 0.912. The first-order valence-electron chi connectivity index (χ1n) is 9.37. The van der Waals surface area contributed by atoms with Crippen LogP contribution in [0.25, 0.3) is 10.1 Å². The summed E-state index contributed by atoms with van der Waals surface area (Å²) in [5.41, 5.74) is 1.15. The Hall–Kier alpha value is -1.43. The molecule has 2 aliphatic rings. The van der Waals surface area contributed by atoms with E-state index in [0.717, 1.165) is 38.3 Å². The summed E-state index contributed by atoms with van der Waals surface area (Å²) in [4.78, 5) is 15.2. The highest BCUT2D eigenvalue weighted by molar-refractivity contribution is 7.17. The van der Waals surface area contributed by atoms with Gasteiger partial charge in [-0.3, -0.25) is 9.69 Å². The van der Waals surface area contributed by atoms with Crippen molar-refractivity contribution in [3.05, 3.63) is 35.2 Å². The number of benzene rings is 1. The number of fused-ring (bicyclic) bond motifs is 1. The molecule has 2 fully saturated rings.